The van der Waals surface area contributed by atoms with Crippen molar-refractivity contribution in [2.45, 2.75) is 78.6 Å². The zero-order chi connectivity index (χ0) is 27.5. The van der Waals surface area contributed by atoms with Crippen LogP contribution in [0.3, 0.4) is 0 Å². The van der Waals surface area contributed by atoms with Crippen LogP contribution in [0, 0.1) is 34.0 Å². The average Bonchev–Trinajstić information content (AvgIpc) is 3.49. The van der Waals surface area contributed by atoms with Crippen LogP contribution in [-0.4, -0.2) is 44.1 Å². The van der Waals surface area contributed by atoms with Crippen LogP contribution in [0.2, 0.25) is 0 Å². The fourth-order valence-electron chi connectivity index (χ4n) is 8.04. The Bertz CT molecular complexity index is 1260. The predicted octanol–water partition coefficient (Wildman–Crippen LogP) is 4.43. The molecule has 2 bridgehead atoms. The van der Waals surface area contributed by atoms with Gasteiger partial charge in [0.2, 0.25) is 0 Å². The molecule has 0 radical (unpaired) electrons. The van der Waals surface area contributed by atoms with Crippen LogP contribution in [0.5, 0.6) is 0 Å². The summed E-state index contributed by atoms with van der Waals surface area (Å²) in [5.41, 5.74) is 6.43. The van der Waals surface area contributed by atoms with Crippen LogP contribution in [0.1, 0.15) is 59.8 Å². The molecular weight excluding hydrogens is 480 g/mol. The topological polar surface area (TPSA) is 120 Å². The molecule has 0 aliphatic heterocycles. The molecule has 8 atom stereocenters. The molecule has 3 saturated carbocycles. The van der Waals surface area contributed by atoms with Gasteiger partial charge in [-0.15, -0.1) is 11.7 Å². The minimum absolute atomic E-state index is 0.0639. The second-order valence-electron chi connectivity index (χ2n) is 12.5. The first-order valence-corrected chi connectivity index (χ1v) is 13.7. The number of rotatable bonds is 5. The number of ether oxygens (including phenoxy) is 1. The quantitative estimate of drug-likeness (QED) is 0.340. The van der Waals surface area contributed by atoms with Gasteiger partial charge in [0.05, 0.1) is 12.3 Å². The Labute approximate surface area is 224 Å². The molecule has 5 rings (SSSR count). The number of esters is 1. The summed E-state index contributed by atoms with van der Waals surface area (Å²) in [4.78, 5) is 26.9. The summed E-state index contributed by atoms with van der Waals surface area (Å²) >= 11 is 0. The van der Waals surface area contributed by atoms with Gasteiger partial charge in [-0.05, 0) is 55.1 Å². The number of nitrogen functional groups attached to an aromatic ring is 1. The molecular formula is C30H40N4O4. The number of nitrogens with two attached hydrogens (primary N) is 1. The molecule has 0 spiro atoms. The van der Waals surface area contributed by atoms with E-state index in [-0.39, 0.29) is 35.5 Å². The first-order chi connectivity index (χ1) is 17.9. The molecule has 204 valence electrons. The summed E-state index contributed by atoms with van der Waals surface area (Å²) in [5.74, 6) is -0.338. The number of carbonyl (C=O) groups is 2. The van der Waals surface area contributed by atoms with Gasteiger partial charge < -0.3 is 15.6 Å². The molecule has 3 aliphatic carbocycles. The van der Waals surface area contributed by atoms with Gasteiger partial charge in [0, 0.05) is 34.4 Å². The van der Waals surface area contributed by atoms with Crippen molar-refractivity contribution in [1.82, 2.24) is 15.0 Å². The van der Waals surface area contributed by atoms with Crippen molar-refractivity contribution in [3.63, 3.8) is 0 Å². The van der Waals surface area contributed by atoms with E-state index in [1.165, 1.54) is 4.68 Å². The molecule has 3 N–H and O–H groups in total. The van der Waals surface area contributed by atoms with E-state index in [0.717, 1.165) is 24.8 Å². The first kappa shape index (κ1) is 26.6. The molecule has 3 fully saturated rings. The highest BCUT2D eigenvalue weighted by molar-refractivity contribution is 5.85. The molecule has 38 heavy (non-hydrogen) atoms. The monoisotopic (exact) mass is 520 g/mol. The number of hydrogen-bond acceptors (Lipinski definition) is 7. The third-order valence-corrected chi connectivity index (χ3v) is 10.6. The zero-order valence-electron chi connectivity index (χ0n) is 22.9. The van der Waals surface area contributed by atoms with Crippen LogP contribution >= 0.6 is 0 Å². The summed E-state index contributed by atoms with van der Waals surface area (Å²) in [6, 6.07) is 7.33. The Hall–Kier alpha value is -3.00. The average molecular weight is 521 g/mol. The van der Waals surface area contributed by atoms with Crippen LogP contribution in [0.25, 0.3) is 11.3 Å². The number of hydrogen-bond donors (Lipinski definition) is 2. The van der Waals surface area contributed by atoms with Crippen molar-refractivity contribution >= 4 is 17.4 Å². The molecule has 8 heteroatoms. The van der Waals surface area contributed by atoms with E-state index < -0.39 is 29.0 Å². The minimum atomic E-state index is -0.691. The molecule has 0 saturated heterocycles. The molecule has 8 nitrogen and oxygen atoms in total. The molecule has 0 amide bonds. The lowest BCUT2D eigenvalue weighted by molar-refractivity contribution is -0.207. The van der Waals surface area contributed by atoms with Gasteiger partial charge >= 0.3 is 5.97 Å². The van der Waals surface area contributed by atoms with Crippen molar-refractivity contribution in [2.75, 3.05) is 5.73 Å². The Morgan fingerprint density at radius 1 is 1.32 bits per heavy atom. The highest BCUT2D eigenvalue weighted by Gasteiger charge is 2.68. The molecule has 2 aromatic rings. The van der Waals surface area contributed by atoms with Crippen molar-refractivity contribution in [3.05, 3.63) is 43.1 Å². The first-order valence-electron chi connectivity index (χ1n) is 13.7. The van der Waals surface area contributed by atoms with E-state index >= 15 is 0 Å². The summed E-state index contributed by atoms with van der Waals surface area (Å²) in [6.45, 7) is 12.4. The van der Waals surface area contributed by atoms with Crippen molar-refractivity contribution < 1.29 is 19.4 Å². The van der Waals surface area contributed by atoms with Crippen molar-refractivity contribution in [1.29, 1.82) is 0 Å². The minimum Gasteiger partial charge on any atom is -0.460 e. The normalized spacial score (nSPS) is 38.7. The van der Waals surface area contributed by atoms with E-state index in [4.69, 9.17) is 10.5 Å². The Morgan fingerprint density at radius 2 is 2.08 bits per heavy atom. The lowest BCUT2D eigenvalue weighted by atomic mass is 9.44. The number of aliphatic hydroxyl groups excluding tert-OH is 1. The maximum Gasteiger partial charge on any atom is 0.328 e. The Balaban J connectivity index is 1.46. The largest absolute Gasteiger partial charge is 0.460 e. The summed E-state index contributed by atoms with van der Waals surface area (Å²) in [6.07, 6.45) is 5.78. The third-order valence-electron chi connectivity index (χ3n) is 10.6. The zero-order valence-corrected chi connectivity index (χ0v) is 22.9. The number of ketones is 1. The van der Waals surface area contributed by atoms with Crippen LogP contribution in [0.4, 0.5) is 5.69 Å². The maximum absolute atomic E-state index is 13.5. The Morgan fingerprint density at radius 3 is 2.79 bits per heavy atom. The number of nitrogens with zero attached hydrogens (tertiary/aromatic N) is 3. The Kier molecular flexibility index (Phi) is 6.53. The highest BCUT2D eigenvalue weighted by Crippen LogP contribution is 2.68. The van der Waals surface area contributed by atoms with E-state index in [9.17, 15) is 14.7 Å². The van der Waals surface area contributed by atoms with Crippen molar-refractivity contribution in [2.24, 2.45) is 34.0 Å². The number of carbonyl (C=O) groups excluding carboxylic acids is 2. The number of benzene rings is 1. The number of Topliss-reactive ketones (excluding diaryl/α,β-unsaturated/α-hetero) is 1. The van der Waals surface area contributed by atoms with Gasteiger partial charge in [0.25, 0.3) is 0 Å². The highest BCUT2D eigenvalue weighted by atomic mass is 16.5. The molecule has 1 aromatic heterocycles. The predicted molar refractivity (Wildman–Crippen MR) is 145 cm³/mol. The standard InChI is InChI=1S/C30H40N4O4/c1-6-28(4)15-24(38-25(36)17-34-16-22(32-33-34)20-8-7-9-21(31)14-20)29(5)18(2)10-12-30(19(3)27(28)37)13-11-23(35)26(29)30/h6-9,14,16,18-19,24,26-27,37H,1,10-13,15,17,31H2,2-5H3/t18-,19+,24-,26+,27+,28-,29+,30+/m1/s1. The van der Waals surface area contributed by atoms with Crippen LogP contribution in [0.15, 0.2) is 43.1 Å². The molecule has 0 unspecified atom stereocenters. The summed E-state index contributed by atoms with van der Waals surface area (Å²) in [7, 11) is 0. The summed E-state index contributed by atoms with van der Waals surface area (Å²) in [5, 5.41) is 20.0. The third kappa shape index (κ3) is 3.99. The van der Waals surface area contributed by atoms with E-state index in [1.807, 2.05) is 25.1 Å². The molecule has 1 aromatic carbocycles. The van der Waals surface area contributed by atoms with Gasteiger partial charge in [-0.3, -0.25) is 9.59 Å². The van der Waals surface area contributed by atoms with Gasteiger partial charge in [-0.25, -0.2) is 4.68 Å². The lowest BCUT2D eigenvalue weighted by Crippen LogP contribution is -2.63. The number of aliphatic hydroxyl groups is 1. The smallest absolute Gasteiger partial charge is 0.328 e. The van der Waals surface area contributed by atoms with Crippen molar-refractivity contribution in [3.8, 4) is 11.3 Å². The van der Waals surface area contributed by atoms with Gasteiger partial charge in [-0.1, -0.05) is 51.1 Å². The summed E-state index contributed by atoms with van der Waals surface area (Å²) < 4.78 is 7.76. The van der Waals surface area contributed by atoms with Gasteiger partial charge in [0.1, 0.15) is 24.1 Å². The number of anilines is 1. The van der Waals surface area contributed by atoms with Crippen LogP contribution in [-0.2, 0) is 20.9 Å². The van der Waals surface area contributed by atoms with Crippen LogP contribution < -0.4 is 5.73 Å². The van der Waals surface area contributed by atoms with Gasteiger partial charge in [0.15, 0.2) is 0 Å². The molecule has 1 heterocycles. The van der Waals surface area contributed by atoms with E-state index in [2.05, 4.69) is 37.7 Å². The van der Waals surface area contributed by atoms with Gasteiger partial charge in [-0.2, -0.15) is 0 Å². The fraction of sp³-hybridized carbons (Fsp3) is 0.600. The van der Waals surface area contributed by atoms with E-state index in [1.54, 1.807) is 18.3 Å². The maximum atomic E-state index is 13.5. The SMILES string of the molecule is C=C[C@]1(C)C[C@@H](OC(=O)Cn2cc(-c3cccc(N)c3)nn2)[C@]2(C)[C@H](C)CC[C@]3(CCC(=O)[C@H]32)[C@@H](C)[C@@H]1O. The second-order valence-corrected chi connectivity index (χ2v) is 12.5. The fourth-order valence-corrected chi connectivity index (χ4v) is 8.04. The lowest BCUT2D eigenvalue weighted by Gasteiger charge is -2.61. The molecule has 3 aliphatic rings. The second kappa shape index (κ2) is 9.33. The number of aromatic nitrogens is 3. The van der Waals surface area contributed by atoms with E-state index in [0.29, 0.717) is 24.2 Å².